The molecule has 0 amide bonds. The van der Waals surface area contributed by atoms with Gasteiger partial charge in [0.15, 0.2) is 14.6 Å². The highest BCUT2D eigenvalue weighted by Gasteiger charge is 2.48. The van der Waals surface area contributed by atoms with Crippen molar-refractivity contribution in [2.24, 2.45) is 5.92 Å². The van der Waals surface area contributed by atoms with Crippen molar-refractivity contribution >= 4 is 9.84 Å². The lowest BCUT2D eigenvalue weighted by Crippen LogP contribution is -2.43. The molecule has 3 nitrogen and oxygen atoms in total. The van der Waals surface area contributed by atoms with Gasteiger partial charge in [0.1, 0.15) is 0 Å². The summed E-state index contributed by atoms with van der Waals surface area (Å²) in [6.07, 6.45) is 8.91. The van der Waals surface area contributed by atoms with Crippen LogP contribution in [0.1, 0.15) is 59.3 Å². The summed E-state index contributed by atoms with van der Waals surface area (Å²) in [7, 11) is -3.74. The maximum atomic E-state index is 13.3. The predicted molar refractivity (Wildman–Crippen MR) is 99.3 cm³/mol. The second-order valence-electron chi connectivity index (χ2n) is 6.34. The zero-order valence-corrected chi connectivity index (χ0v) is 15.8. The molecule has 0 saturated heterocycles. The van der Waals surface area contributed by atoms with Crippen LogP contribution in [0.2, 0.25) is 0 Å². The first-order valence-corrected chi connectivity index (χ1v) is 10.3. The molecular weight excluding hydrogens is 318 g/mol. The molecule has 1 rings (SSSR count). The lowest BCUT2D eigenvalue weighted by molar-refractivity contribution is 0.400. The van der Waals surface area contributed by atoms with Crippen LogP contribution in [-0.2, 0) is 9.84 Å². The number of hydrogen-bond acceptors (Lipinski definition) is 3. The Morgan fingerprint density at radius 3 is 2.42 bits per heavy atom. The van der Waals surface area contributed by atoms with Crippen molar-refractivity contribution in [1.82, 2.24) is 0 Å². The number of benzene rings is 1. The van der Waals surface area contributed by atoms with E-state index >= 15 is 0 Å². The molecule has 1 aromatic carbocycles. The van der Waals surface area contributed by atoms with E-state index in [0.717, 1.165) is 32.1 Å². The first kappa shape index (κ1) is 20.4. The Hall–Kier alpha value is -1.60. The van der Waals surface area contributed by atoms with Crippen molar-refractivity contribution in [1.29, 1.82) is 5.26 Å². The Kier molecular flexibility index (Phi) is 8.21. The normalized spacial score (nSPS) is 15.8. The van der Waals surface area contributed by atoms with Crippen molar-refractivity contribution in [2.45, 2.75) is 68.9 Å². The van der Waals surface area contributed by atoms with Crippen LogP contribution in [0.15, 0.2) is 47.4 Å². The lowest BCUT2D eigenvalue weighted by atomic mass is 9.86. The van der Waals surface area contributed by atoms with Crippen molar-refractivity contribution < 1.29 is 8.42 Å². The van der Waals surface area contributed by atoms with E-state index < -0.39 is 14.6 Å². The molecule has 2 atom stereocenters. The van der Waals surface area contributed by atoms with Gasteiger partial charge in [0.25, 0.3) is 0 Å². The molecular formula is C20H29NO2S. The number of unbranched alkanes of at least 4 members (excludes halogenated alkanes) is 3. The van der Waals surface area contributed by atoms with Crippen LogP contribution in [0.4, 0.5) is 0 Å². The van der Waals surface area contributed by atoms with Crippen LogP contribution >= 0.6 is 0 Å². The van der Waals surface area contributed by atoms with E-state index in [0.29, 0.717) is 0 Å². The summed E-state index contributed by atoms with van der Waals surface area (Å²) in [5.41, 5.74) is 0. The third kappa shape index (κ3) is 4.48. The number of nitrogens with zero attached hydrogens (tertiary/aromatic N) is 1. The molecule has 0 aliphatic rings. The van der Waals surface area contributed by atoms with Crippen molar-refractivity contribution in [3.8, 4) is 6.07 Å². The molecule has 0 aliphatic heterocycles. The van der Waals surface area contributed by atoms with Gasteiger partial charge < -0.3 is 0 Å². The van der Waals surface area contributed by atoms with Crippen LogP contribution in [0.5, 0.6) is 0 Å². The van der Waals surface area contributed by atoms with Gasteiger partial charge in [-0.25, -0.2) is 8.42 Å². The van der Waals surface area contributed by atoms with E-state index in [1.54, 1.807) is 36.4 Å². The lowest BCUT2D eigenvalue weighted by Gasteiger charge is -2.32. The summed E-state index contributed by atoms with van der Waals surface area (Å²) in [6, 6.07) is 10.6. The van der Waals surface area contributed by atoms with Gasteiger partial charge in [0.05, 0.1) is 11.0 Å². The molecule has 0 N–H and O–H groups in total. The average molecular weight is 348 g/mol. The van der Waals surface area contributed by atoms with E-state index in [1.807, 2.05) is 19.9 Å². The minimum atomic E-state index is -3.74. The van der Waals surface area contributed by atoms with Crippen molar-refractivity contribution in [3.05, 3.63) is 42.5 Å². The van der Waals surface area contributed by atoms with Crippen LogP contribution < -0.4 is 0 Å². The molecule has 0 spiro atoms. The van der Waals surface area contributed by atoms with Crippen LogP contribution in [0, 0.1) is 17.2 Å². The zero-order valence-electron chi connectivity index (χ0n) is 15.0. The fourth-order valence-corrected chi connectivity index (χ4v) is 5.02. The summed E-state index contributed by atoms with van der Waals surface area (Å²) in [5, 5.41) is 9.91. The van der Waals surface area contributed by atoms with E-state index in [-0.39, 0.29) is 17.2 Å². The van der Waals surface area contributed by atoms with Gasteiger partial charge >= 0.3 is 0 Å². The topological polar surface area (TPSA) is 57.9 Å². The molecule has 0 aromatic heterocycles. The van der Waals surface area contributed by atoms with E-state index in [9.17, 15) is 13.7 Å². The summed E-state index contributed by atoms with van der Waals surface area (Å²) in [4.78, 5) is 0.233. The van der Waals surface area contributed by atoms with Gasteiger partial charge in [-0.05, 0) is 37.8 Å². The van der Waals surface area contributed by atoms with E-state index in [4.69, 9.17) is 0 Å². The summed E-state index contributed by atoms with van der Waals surface area (Å²) in [6.45, 7) is 5.90. The molecule has 0 radical (unpaired) electrons. The molecule has 132 valence electrons. The quantitative estimate of drug-likeness (QED) is 0.426. The minimum Gasteiger partial charge on any atom is -0.222 e. The standard InChI is InChI=1S/C20H29NO2S/c1-4-6-8-10-13-18(3)20(17-21,16-7-5-2)24(22,23)19-14-11-9-12-15-19/h5,7,9,11-12,14-15,18H,4,6,8,10,13,16H2,1-3H3/b7-5+. The Morgan fingerprint density at radius 2 is 1.88 bits per heavy atom. The Balaban J connectivity index is 3.21. The summed E-state index contributed by atoms with van der Waals surface area (Å²) < 4.78 is 25.1. The third-order valence-corrected chi connectivity index (χ3v) is 7.18. The van der Waals surface area contributed by atoms with Crippen LogP contribution in [0.3, 0.4) is 0 Å². The fraction of sp³-hybridized carbons (Fsp3) is 0.550. The molecule has 0 heterocycles. The third-order valence-electron chi connectivity index (χ3n) is 4.67. The van der Waals surface area contributed by atoms with Crippen LogP contribution in [-0.4, -0.2) is 13.2 Å². The molecule has 1 aromatic rings. The zero-order chi connectivity index (χ0) is 18.1. The van der Waals surface area contributed by atoms with Crippen molar-refractivity contribution in [3.63, 3.8) is 0 Å². The maximum absolute atomic E-state index is 13.3. The highest BCUT2D eigenvalue weighted by atomic mass is 32.2. The largest absolute Gasteiger partial charge is 0.222 e. The highest BCUT2D eigenvalue weighted by Crippen LogP contribution is 2.38. The van der Waals surface area contributed by atoms with Crippen molar-refractivity contribution in [2.75, 3.05) is 0 Å². The van der Waals surface area contributed by atoms with Gasteiger partial charge in [-0.2, -0.15) is 5.26 Å². The monoisotopic (exact) mass is 347 g/mol. The van der Waals surface area contributed by atoms with Gasteiger partial charge in [0.2, 0.25) is 0 Å². The highest BCUT2D eigenvalue weighted by molar-refractivity contribution is 7.93. The molecule has 2 unspecified atom stereocenters. The fourth-order valence-electron chi connectivity index (χ4n) is 3.01. The average Bonchev–Trinajstić information content (AvgIpc) is 2.60. The van der Waals surface area contributed by atoms with Gasteiger partial charge in [-0.15, -0.1) is 0 Å². The Labute approximate surface area is 147 Å². The van der Waals surface area contributed by atoms with Gasteiger partial charge in [-0.1, -0.05) is 69.9 Å². The first-order chi connectivity index (χ1) is 11.5. The molecule has 24 heavy (non-hydrogen) atoms. The number of hydrogen-bond donors (Lipinski definition) is 0. The number of nitriles is 1. The molecule has 4 heteroatoms. The molecule has 0 aliphatic carbocycles. The molecule has 0 bridgehead atoms. The second-order valence-corrected chi connectivity index (χ2v) is 8.55. The van der Waals surface area contributed by atoms with Gasteiger partial charge in [-0.3, -0.25) is 0 Å². The minimum absolute atomic E-state index is 0.222. The SMILES string of the molecule is C/C=C/CC(C#N)(C(C)CCCCCC)S(=O)(=O)c1ccccc1. The van der Waals surface area contributed by atoms with Gasteiger partial charge in [0, 0.05) is 0 Å². The first-order valence-electron chi connectivity index (χ1n) is 8.78. The predicted octanol–water partition coefficient (Wildman–Crippen LogP) is 5.30. The number of allylic oxidation sites excluding steroid dienone is 2. The smallest absolute Gasteiger partial charge is 0.197 e. The summed E-state index contributed by atoms with van der Waals surface area (Å²) >= 11 is 0. The number of rotatable bonds is 10. The molecule has 0 fully saturated rings. The van der Waals surface area contributed by atoms with Crippen LogP contribution in [0.25, 0.3) is 0 Å². The molecule has 0 saturated carbocycles. The second kappa shape index (κ2) is 9.64. The summed E-state index contributed by atoms with van der Waals surface area (Å²) in [5.74, 6) is -0.222. The maximum Gasteiger partial charge on any atom is 0.197 e. The van der Waals surface area contributed by atoms with E-state index in [1.165, 1.54) is 0 Å². The number of sulfone groups is 1. The Morgan fingerprint density at radius 1 is 1.21 bits per heavy atom. The Bertz CT molecular complexity index is 659. The van der Waals surface area contributed by atoms with E-state index in [2.05, 4.69) is 13.0 Å².